The number of hydrogen-bond acceptors (Lipinski definition) is 5. The lowest BCUT2D eigenvalue weighted by Gasteiger charge is -2.23. The molecule has 2 saturated heterocycles. The normalized spacial score (nSPS) is 21.8. The number of benzene rings is 1. The quantitative estimate of drug-likeness (QED) is 0.706. The molecule has 0 radical (unpaired) electrons. The van der Waals surface area contributed by atoms with Gasteiger partial charge in [-0.15, -0.1) is 0 Å². The van der Waals surface area contributed by atoms with Gasteiger partial charge in [-0.3, -0.25) is 19.5 Å². The molecule has 2 aliphatic heterocycles. The van der Waals surface area contributed by atoms with E-state index in [4.69, 9.17) is 4.74 Å². The van der Waals surface area contributed by atoms with E-state index in [0.717, 1.165) is 50.3 Å². The number of amides is 1. The largest absolute Gasteiger partial charge is 0.469 e. The second kappa shape index (κ2) is 8.33. The van der Waals surface area contributed by atoms with Crippen LogP contribution in [0.5, 0.6) is 0 Å². The predicted molar refractivity (Wildman–Crippen MR) is 109 cm³/mol. The first kappa shape index (κ1) is 19.6. The van der Waals surface area contributed by atoms with Crippen molar-refractivity contribution in [3.63, 3.8) is 0 Å². The van der Waals surface area contributed by atoms with Gasteiger partial charge in [0.1, 0.15) is 0 Å². The van der Waals surface area contributed by atoms with E-state index in [1.165, 1.54) is 12.7 Å². The average Bonchev–Trinajstić information content (AvgIpc) is 3.29. The zero-order valence-corrected chi connectivity index (χ0v) is 16.8. The van der Waals surface area contributed by atoms with Crippen LogP contribution in [-0.2, 0) is 33.8 Å². The molecule has 2 fully saturated rings. The molecule has 1 aromatic carbocycles. The van der Waals surface area contributed by atoms with Crippen LogP contribution < -0.4 is 0 Å². The number of carbonyl (C=O) groups is 2. The van der Waals surface area contributed by atoms with Gasteiger partial charge in [0.05, 0.1) is 31.2 Å². The topological polar surface area (TPSA) is 62.7 Å². The van der Waals surface area contributed by atoms with Crippen molar-refractivity contribution in [3.8, 4) is 0 Å². The minimum absolute atomic E-state index is 0.228. The molecule has 6 heteroatoms. The Bertz CT molecular complexity index is 869. The van der Waals surface area contributed by atoms with E-state index in [1.807, 2.05) is 35.2 Å². The van der Waals surface area contributed by atoms with E-state index in [9.17, 15) is 9.59 Å². The fourth-order valence-corrected chi connectivity index (χ4v) is 4.46. The van der Waals surface area contributed by atoms with Crippen LogP contribution in [0.1, 0.15) is 29.7 Å². The summed E-state index contributed by atoms with van der Waals surface area (Å²) in [6.45, 7) is 3.99. The van der Waals surface area contributed by atoms with Gasteiger partial charge in [-0.2, -0.15) is 0 Å². The highest BCUT2D eigenvalue weighted by atomic mass is 16.5. The number of nitrogens with zero attached hydrogens (tertiary/aromatic N) is 3. The lowest BCUT2D eigenvalue weighted by Crippen LogP contribution is -2.36. The molecular formula is C23H27N3O3. The number of pyridine rings is 1. The number of rotatable bonds is 6. The second-order valence-corrected chi connectivity index (χ2v) is 8.11. The standard InChI is InChI=1S/C23H27N3O3/c1-29-21(27)14-18-5-7-19(8-6-18)15-25-12-9-23(17-25)10-13-26(22(23)28)16-20-4-2-3-11-24-20/h2-8,11H,9-10,12-17H2,1H3. The van der Waals surface area contributed by atoms with Crippen molar-refractivity contribution >= 4 is 11.9 Å². The number of carbonyl (C=O) groups excluding carboxylic acids is 2. The van der Waals surface area contributed by atoms with Gasteiger partial charge in [0.15, 0.2) is 0 Å². The zero-order chi connectivity index (χ0) is 20.3. The summed E-state index contributed by atoms with van der Waals surface area (Å²) >= 11 is 0. The third-order valence-corrected chi connectivity index (χ3v) is 6.12. The van der Waals surface area contributed by atoms with Crippen molar-refractivity contribution in [2.75, 3.05) is 26.7 Å². The van der Waals surface area contributed by atoms with Crippen LogP contribution in [0.25, 0.3) is 0 Å². The van der Waals surface area contributed by atoms with Crippen molar-refractivity contribution < 1.29 is 14.3 Å². The average molecular weight is 393 g/mol. The molecule has 1 aromatic heterocycles. The summed E-state index contributed by atoms with van der Waals surface area (Å²) in [5.74, 6) is 0.0494. The van der Waals surface area contributed by atoms with Crippen molar-refractivity contribution in [2.24, 2.45) is 5.41 Å². The van der Waals surface area contributed by atoms with Gasteiger partial charge in [0.25, 0.3) is 0 Å². The number of methoxy groups -OCH3 is 1. The van der Waals surface area contributed by atoms with Gasteiger partial charge in [-0.05, 0) is 42.6 Å². The molecule has 1 amide bonds. The summed E-state index contributed by atoms with van der Waals surface area (Å²) in [7, 11) is 1.40. The van der Waals surface area contributed by atoms with Gasteiger partial charge in [0.2, 0.25) is 5.91 Å². The summed E-state index contributed by atoms with van der Waals surface area (Å²) in [5, 5.41) is 0. The lowest BCUT2D eigenvalue weighted by molar-refractivity contribution is -0.139. The molecular weight excluding hydrogens is 366 g/mol. The Balaban J connectivity index is 1.34. The molecule has 1 atom stereocenters. The van der Waals surface area contributed by atoms with Crippen molar-refractivity contribution in [2.45, 2.75) is 32.4 Å². The summed E-state index contributed by atoms with van der Waals surface area (Å²) in [6, 6.07) is 13.9. The van der Waals surface area contributed by atoms with Crippen LogP contribution in [-0.4, -0.2) is 53.4 Å². The van der Waals surface area contributed by atoms with Gasteiger partial charge < -0.3 is 9.64 Å². The van der Waals surface area contributed by atoms with E-state index in [2.05, 4.69) is 22.0 Å². The summed E-state index contributed by atoms with van der Waals surface area (Å²) < 4.78 is 4.71. The van der Waals surface area contributed by atoms with Crippen molar-refractivity contribution in [1.82, 2.24) is 14.8 Å². The first-order chi connectivity index (χ1) is 14.1. The molecule has 3 heterocycles. The molecule has 2 aromatic rings. The molecule has 0 bridgehead atoms. The maximum atomic E-state index is 13.1. The monoisotopic (exact) mass is 393 g/mol. The minimum Gasteiger partial charge on any atom is -0.469 e. The van der Waals surface area contributed by atoms with Gasteiger partial charge in [0, 0.05) is 25.8 Å². The zero-order valence-electron chi connectivity index (χ0n) is 16.8. The van der Waals surface area contributed by atoms with Crippen LogP contribution in [0.2, 0.25) is 0 Å². The van der Waals surface area contributed by atoms with Crippen LogP contribution >= 0.6 is 0 Å². The number of esters is 1. The van der Waals surface area contributed by atoms with Crippen LogP contribution in [0.3, 0.4) is 0 Å². The molecule has 1 spiro atoms. The maximum absolute atomic E-state index is 13.1. The highest BCUT2D eigenvalue weighted by molar-refractivity contribution is 5.85. The summed E-state index contributed by atoms with van der Waals surface area (Å²) in [6.07, 6.45) is 3.92. The number of ether oxygens (including phenoxy) is 1. The Morgan fingerprint density at radius 2 is 1.83 bits per heavy atom. The van der Waals surface area contributed by atoms with E-state index in [0.29, 0.717) is 13.0 Å². The first-order valence-corrected chi connectivity index (χ1v) is 10.1. The second-order valence-electron chi connectivity index (χ2n) is 8.11. The molecule has 0 aliphatic carbocycles. The molecule has 29 heavy (non-hydrogen) atoms. The summed E-state index contributed by atoms with van der Waals surface area (Å²) in [4.78, 5) is 33.2. The van der Waals surface area contributed by atoms with E-state index in [-0.39, 0.29) is 17.3 Å². The lowest BCUT2D eigenvalue weighted by atomic mass is 9.85. The number of aromatic nitrogens is 1. The van der Waals surface area contributed by atoms with Crippen molar-refractivity contribution in [3.05, 3.63) is 65.5 Å². The third-order valence-electron chi connectivity index (χ3n) is 6.12. The fourth-order valence-electron chi connectivity index (χ4n) is 4.46. The van der Waals surface area contributed by atoms with Gasteiger partial charge in [-0.25, -0.2) is 0 Å². The Labute approximate surface area is 171 Å². The van der Waals surface area contributed by atoms with E-state index < -0.39 is 0 Å². The Hall–Kier alpha value is -2.73. The highest BCUT2D eigenvalue weighted by Crippen LogP contribution is 2.41. The van der Waals surface area contributed by atoms with Gasteiger partial charge >= 0.3 is 5.97 Å². The highest BCUT2D eigenvalue weighted by Gasteiger charge is 2.50. The first-order valence-electron chi connectivity index (χ1n) is 10.1. The van der Waals surface area contributed by atoms with Gasteiger partial charge in [-0.1, -0.05) is 30.3 Å². The number of likely N-dealkylation sites (tertiary alicyclic amines) is 2. The fraction of sp³-hybridized carbons (Fsp3) is 0.435. The molecule has 1 unspecified atom stereocenters. The van der Waals surface area contributed by atoms with Crippen LogP contribution in [0.15, 0.2) is 48.7 Å². The van der Waals surface area contributed by atoms with E-state index in [1.54, 1.807) is 6.20 Å². The number of hydrogen-bond donors (Lipinski definition) is 0. The minimum atomic E-state index is -0.237. The smallest absolute Gasteiger partial charge is 0.309 e. The molecule has 0 N–H and O–H groups in total. The summed E-state index contributed by atoms with van der Waals surface area (Å²) in [5.41, 5.74) is 2.86. The molecule has 0 saturated carbocycles. The third kappa shape index (κ3) is 4.32. The SMILES string of the molecule is COC(=O)Cc1ccc(CN2CCC3(CCN(Cc4ccccn4)C3=O)C2)cc1. The molecule has 152 valence electrons. The maximum Gasteiger partial charge on any atom is 0.309 e. The van der Waals surface area contributed by atoms with E-state index >= 15 is 0 Å². The van der Waals surface area contributed by atoms with Crippen LogP contribution in [0, 0.1) is 5.41 Å². The molecule has 6 nitrogen and oxygen atoms in total. The Morgan fingerprint density at radius 1 is 1.07 bits per heavy atom. The Morgan fingerprint density at radius 3 is 2.55 bits per heavy atom. The Kier molecular flexibility index (Phi) is 5.62. The van der Waals surface area contributed by atoms with Crippen molar-refractivity contribution in [1.29, 1.82) is 0 Å². The molecule has 4 rings (SSSR count). The van der Waals surface area contributed by atoms with Crippen LogP contribution in [0.4, 0.5) is 0 Å². The molecule has 2 aliphatic rings. The predicted octanol–water partition coefficient (Wildman–Crippen LogP) is 2.42.